The van der Waals surface area contributed by atoms with E-state index in [1.807, 2.05) is 65.2 Å². The molecule has 6 heteroatoms. The lowest BCUT2D eigenvalue weighted by molar-refractivity contribution is -0.119. The Balaban J connectivity index is 1.71. The van der Waals surface area contributed by atoms with Gasteiger partial charge in [-0.1, -0.05) is 72.4 Å². The van der Waals surface area contributed by atoms with Crippen LogP contribution in [0.15, 0.2) is 72.1 Å². The Morgan fingerprint density at radius 2 is 1.62 bits per heavy atom. The van der Waals surface area contributed by atoms with E-state index in [1.54, 1.807) is 6.33 Å². The van der Waals surface area contributed by atoms with Crippen LogP contribution in [0.3, 0.4) is 0 Å². The molecule has 0 saturated carbocycles. The highest BCUT2D eigenvalue weighted by Gasteiger charge is 2.17. The minimum Gasteiger partial charge on any atom is -0.344 e. The van der Waals surface area contributed by atoms with E-state index in [2.05, 4.69) is 29.4 Å². The number of thioether (sulfide) groups is 1. The van der Waals surface area contributed by atoms with Gasteiger partial charge in [0, 0.05) is 6.04 Å². The van der Waals surface area contributed by atoms with Crippen molar-refractivity contribution in [1.29, 1.82) is 0 Å². The van der Waals surface area contributed by atoms with Crippen LogP contribution < -0.4 is 5.32 Å². The van der Waals surface area contributed by atoms with Crippen LogP contribution in [-0.4, -0.2) is 26.4 Å². The van der Waals surface area contributed by atoms with E-state index in [0.29, 0.717) is 5.75 Å². The predicted molar refractivity (Wildman–Crippen MR) is 104 cm³/mol. The molecule has 0 atom stereocenters. The van der Waals surface area contributed by atoms with Crippen LogP contribution in [0.4, 0.5) is 0 Å². The SMILES string of the molecule is CC(C)n1cnnc1SCC(=O)NC(c1ccccc1)c1ccccc1. The Bertz CT molecular complexity index is 794. The molecular formula is C20H22N4OS. The number of hydrogen-bond donors (Lipinski definition) is 1. The number of nitrogens with one attached hydrogen (secondary N) is 1. The first-order chi connectivity index (χ1) is 12.6. The zero-order valence-electron chi connectivity index (χ0n) is 14.9. The Kier molecular flexibility index (Phi) is 6.07. The first-order valence-corrected chi connectivity index (χ1v) is 9.55. The lowest BCUT2D eigenvalue weighted by Gasteiger charge is -2.20. The molecule has 0 radical (unpaired) electrons. The van der Waals surface area contributed by atoms with Gasteiger partial charge in [0.05, 0.1) is 11.8 Å². The summed E-state index contributed by atoms with van der Waals surface area (Å²) in [6.07, 6.45) is 1.70. The Morgan fingerprint density at radius 3 is 2.15 bits per heavy atom. The van der Waals surface area contributed by atoms with E-state index in [0.717, 1.165) is 16.3 Å². The van der Waals surface area contributed by atoms with Crippen LogP contribution in [-0.2, 0) is 4.79 Å². The molecule has 0 aliphatic rings. The molecule has 0 aliphatic carbocycles. The third-order valence-corrected chi connectivity index (χ3v) is 4.96. The van der Waals surface area contributed by atoms with E-state index in [9.17, 15) is 4.79 Å². The number of hydrogen-bond acceptors (Lipinski definition) is 4. The maximum absolute atomic E-state index is 12.6. The van der Waals surface area contributed by atoms with Crippen molar-refractivity contribution >= 4 is 17.7 Å². The molecule has 3 aromatic rings. The summed E-state index contributed by atoms with van der Waals surface area (Å²) < 4.78 is 1.96. The number of nitrogens with zero attached hydrogens (tertiary/aromatic N) is 3. The second-order valence-corrected chi connectivity index (χ2v) is 7.17. The molecule has 1 aromatic heterocycles. The van der Waals surface area contributed by atoms with Gasteiger partial charge in [-0.05, 0) is 25.0 Å². The maximum Gasteiger partial charge on any atom is 0.231 e. The van der Waals surface area contributed by atoms with Gasteiger partial charge in [0.2, 0.25) is 5.91 Å². The molecular weight excluding hydrogens is 344 g/mol. The minimum absolute atomic E-state index is 0.0361. The summed E-state index contributed by atoms with van der Waals surface area (Å²) in [6.45, 7) is 4.13. The zero-order chi connectivity index (χ0) is 18.4. The zero-order valence-corrected chi connectivity index (χ0v) is 15.7. The molecule has 0 fully saturated rings. The van der Waals surface area contributed by atoms with Crippen molar-refractivity contribution in [3.63, 3.8) is 0 Å². The van der Waals surface area contributed by atoms with Crippen LogP contribution in [0, 0.1) is 0 Å². The normalized spacial score (nSPS) is 11.1. The summed E-state index contributed by atoms with van der Waals surface area (Å²) in [7, 11) is 0. The molecule has 1 heterocycles. The number of rotatable bonds is 7. The number of amides is 1. The van der Waals surface area contributed by atoms with Gasteiger partial charge in [-0.25, -0.2) is 0 Å². The van der Waals surface area contributed by atoms with Crippen molar-refractivity contribution < 1.29 is 4.79 Å². The molecule has 134 valence electrons. The molecule has 5 nitrogen and oxygen atoms in total. The summed E-state index contributed by atoms with van der Waals surface area (Å²) in [5, 5.41) is 11.9. The summed E-state index contributed by atoms with van der Waals surface area (Å²) in [4.78, 5) is 12.6. The predicted octanol–water partition coefficient (Wildman–Crippen LogP) is 3.86. The Morgan fingerprint density at radius 1 is 1.04 bits per heavy atom. The molecule has 0 spiro atoms. The lowest BCUT2D eigenvalue weighted by atomic mass is 9.99. The van der Waals surface area contributed by atoms with E-state index >= 15 is 0 Å². The Labute approximate surface area is 157 Å². The smallest absolute Gasteiger partial charge is 0.231 e. The lowest BCUT2D eigenvalue weighted by Crippen LogP contribution is -2.30. The highest BCUT2D eigenvalue weighted by molar-refractivity contribution is 7.99. The fraction of sp³-hybridized carbons (Fsp3) is 0.250. The van der Waals surface area contributed by atoms with Gasteiger partial charge in [-0.15, -0.1) is 10.2 Å². The maximum atomic E-state index is 12.6. The highest BCUT2D eigenvalue weighted by atomic mass is 32.2. The number of carbonyl (C=O) groups is 1. The van der Waals surface area contributed by atoms with Gasteiger partial charge >= 0.3 is 0 Å². The number of aromatic nitrogens is 3. The largest absolute Gasteiger partial charge is 0.344 e. The summed E-state index contributed by atoms with van der Waals surface area (Å²) in [6, 6.07) is 20.1. The van der Waals surface area contributed by atoms with Crippen molar-refractivity contribution in [3.05, 3.63) is 78.1 Å². The van der Waals surface area contributed by atoms with Crippen LogP contribution in [0.1, 0.15) is 37.1 Å². The number of benzene rings is 2. The first-order valence-electron chi connectivity index (χ1n) is 8.56. The topological polar surface area (TPSA) is 59.8 Å². The van der Waals surface area contributed by atoms with Crippen molar-refractivity contribution in [2.24, 2.45) is 0 Å². The first kappa shape index (κ1) is 18.2. The summed E-state index contributed by atoms with van der Waals surface area (Å²) >= 11 is 1.40. The summed E-state index contributed by atoms with van der Waals surface area (Å²) in [5.41, 5.74) is 2.12. The van der Waals surface area contributed by atoms with Gasteiger partial charge in [-0.2, -0.15) is 0 Å². The van der Waals surface area contributed by atoms with Crippen molar-refractivity contribution in [3.8, 4) is 0 Å². The van der Waals surface area contributed by atoms with Gasteiger partial charge in [0.15, 0.2) is 5.16 Å². The number of carbonyl (C=O) groups excluding carboxylic acids is 1. The van der Waals surface area contributed by atoms with Crippen molar-refractivity contribution in [1.82, 2.24) is 20.1 Å². The van der Waals surface area contributed by atoms with E-state index in [-0.39, 0.29) is 18.0 Å². The molecule has 3 rings (SSSR count). The monoisotopic (exact) mass is 366 g/mol. The van der Waals surface area contributed by atoms with Crippen LogP contribution in [0.2, 0.25) is 0 Å². The summed E-state index contributed by atoms with van der Waals surface area (Å²) in [5.74, 6) is 0.257. The Hall–Kier alpha value is -2.60. The standard InChI is InChI=1S/C20H22N4OS/c1-15(2)24-14-21-23-20(24)26-13-18(25)22-19(16-9-5-3-6-10-16)17-11-7-4-8-12-17/h3-12,14-15,19H,13H2,1-2H3,(H,22,25). The average molecular weight is 366 g/mol. The molecule has 0 bridgehead atoms. The molecule has 2 aromatic carbocycles. The van der Waals surface area contributed by atoms with Crippen LogP contribution >= 0.6 is 11.8 Å². The molecule has 0 unspecified atom stereocenters. The van der Waals surface area contributed by atoms with Gasteiger partial charge in [0.1, 0.15) is 6.33 Å². The van der Waals surface area contributed by atoms with Crippen molar-refractivity contribution in [2.75, 3.05) is 5.75 Å². The third kappa shape index (κ3) is 4.52. The highest BCUT2D eigenvalue weighted by Crippen LogP contribution is 2.23. The van der Waals surface area contributed by atoms with Crippen LogP contribution in [0.25, 0.3) is 0 Å². The van der Waals surface area contributed by atoms with E-state index in [4.69, 9.17) is 0 Å². The molecule has 26 heavy (non-hydrogen) atoms. The van der Waals surface area contributed by atoms with Crippen LogP contribution in [0.5, 0.6) is 0 Å². The minimum atomic E-state index is -0.173. The fourth-order valence-corrected chi connectivity index (χ4v) is 3.53. The molecule has 1 N–H and O–H groups in total. The molecule has 0 saturated heterocycles. The second-order valence-electron chi connectivity index (χ2n) is 6.23. The quantitative estimate of drug-likeness (QED) is 0.645. The fourth-order valence-electron chi connectivity index (χ4n) is 2.67. The van der Waals surface area contributed by atoms with Gasteiger partial charge in [0.25, 0.3) is 0 Å². The molecule has 0 aliphatic heterocycles. The van der Waals surface area contributed by atoms with Gasteiger partial charge in [-0.3, -0.25) is 4.79 Å². The van der Waals surface area contributed by atoms with E-state index in [1.165, 1.54) is 11.8 Å². The molecule has 1 amide bonds. The second kappa shape index (κ2) is 8.67. The third-order valence-electron chi connectivity index (χ3n) is 4.00. The van der Waals surface area contributed by atoms with Crippen molar-refractivity contribution in [2.45, 2.75) is 31.1 Å². The average Bonchev–Trinajstić information content (AvgIpc) is 3.15. The van der Waals surface area contributed by atoms with E-state index < -0.39 is 0 Å². The van der Waals surface area contributed by atoms with Gasteiger partial charge < -0.3 is 9.88 Å².